The molecule has 8 heteroatoms. The minimum absolute atomic E-state index is 0.0124. The van der Waals surface area contributed by atoms with Crippen molar-refractivity contribution in [3.05, 3.63) is 29.6 Å². The van der Waals surface area contributed by atoms with Crippen molar-refractivity contribution in [3.63, 3.8) is 0 Å². The monoisotopic (exact) mass is 396 g/mol. The summed E-state index contributed by atoms with van der Waals surface area (Å²) in [6, 6.07) is 4.53. The molecule has 1 saturated heterocycles. The Bertz CT molecular complexity index is 683. The molecular weight excluding hydrogens is 365 g/mol. The highest BCUT2D eigenvalue weighted by molar-refractivity contribution is 5.77. The Kier molecular flexibility index (Phi) is 7.62. The van der Waals surface area contributed by atoms with Gasteiger partial charge in [0.1, 0.15) is 23.7 Å². The average molecular weight is 396 g/mol. The van der Waals surface area contributed by atoms with Crippen LogP contribution in [0.2, 0.25) is 0 Å². The number of hydrogen-bond donors (Lipinski definition) is 2. The summed E-state index contributed by atoms with van der Waals surface area (Å²) < 4.78 is 24.0. The third-order valence-electron chi connectivity index (χ3n) is 4.51. The Morgan fingerprint density at radius 2 is 1.93 bits per heavy atom. The van der Waals surface area contributed by atoms with Gasteiger partial charge in [0.05, 0.1) is 38.9 Å². The lowest BCUT2D eigenvalue weighted by Gasteiger charge is -2.32. The van der Waals surface area contributed by atoms with E-state index in [9.17, 15) is 14.0 Å². The zero-order valence-electron chi connectivity index (χ0n) is 17.1. The second-order valence-corrected chi connectivity index (χ2v) is 7.94. The first kappa shape index (κ1) is 21.9. The quantitative estimate of drug-likeness (QED) is 0.752. The minimum Gasteiger partial charge on any atom is -0.496 e. The van der Waals surface area contributed by atoms with Crippen LogP contribution in [0.4, 0.5) is 9.18 Å². The third-order valence-corrected chi connectivity index (χ3v) is 4.51. The highest BCUT2D eigenvalue weighted by Gasteiger charge is 2.25. The summed E-state index contributed by atoms with van der Waals surface area (Å²) in [5.74, 6) is 0.417. The smallest absolute Gasteiger partial charge is 0.407 e. The number of rotatable bonds is 6. The number of carbonyl (C=O) groups is 2. The molecule has 0 atom stereocenters. The molecule has 156 valence electrons. The van der Waals surface area contributed by atoms with Gasteiger partial charge in [-0.25, -0.2) is 9.18 Å². The maximum absolute atomic E-state index is 13.5. The Morgan fingerprint density at radius 1 is 1.25 bits per heavy atom. The molecule has 1 aliphatic heterocycles. The topological polar surface area (TPSA) is 72.3 Å². The number of alkyl carbamates (subject to hydrolysis) is 1. The van der Waals surface area contributed by atoms with E-state index < -0.39 is 11.7 Å². The van der Waals surface area contributed by atoms with E-state index in [2.05, 4.69) is 5.32 Å². The number of carbonyl (C=O) groups excluding carboxylic acids is 2. The second-order valence-electron chi connectivity index (χ2n) is 7.94. The van der Waals surface area contributed by atoms with Crippen LogP contribution in [0.3, 0.4) is 0 Å². The van der Waals surface area contributed by atoms with Crippen molar-refractivity contribution in [2.45, 2.75) is 39.3 Å². The molecule has 2 rings (SSSR count). The molecule has 0 aliphatic carbocycles. The molecule has 1 fully saturated rings. The van der Waals surface area contributed by atoms with Crippen LogP contribution in [0.25, 0.3) is 0 Å². The van der Waals surface area contributed by atoms with Gasteiger partial charge in [0.15, 0.2) is 0 Å². The van der Waals surface area contributed by atoms with Crippen LogP contribution in [0.5, 0.6) is 5.75 Å². The number of nitrogens with one attached hydrogen (secondary N) is 2. The van der Waals surface area contributed by atoms with Crippen LogP contribution >= 0.6 is 0 Å². The number of nitrogens with zero attached hydrogens (tertiary/aromatic N) is 1. The Morgan fingerprint density at radius 3 is 2.54 bits per heavy atom. The predicted octanol–water partition coefficient (Wildman–Crippen LogP) is 0.976. The van der Waals surface area contributed by atoms with E-state index in [1.165, 1.54) is 17.0 Å². The molecule has 0 spiro atoms. The number of amides is 2. The molecule has 1 heterocycles. The van der Waals surface area contributed by atoms with Crippen LogP contribution < -0.4 is 15.0 Å². The SMILES string of the molecule is COc1ccc(F)cc1C[NH+]1CCN(C(=O)CCNC(=O)OC(C)(C)C)CC1. The van der Waals surface area contributed by atoms with Crippen molar-refractivity contribution in [2.24, 2.45) is 0 Å². The maximum atomic E-state index is 13.5. The van der Waals surface area contributed by atoms with Crippen LogP contribution in [-0.4, -0.2) is 62.3 Å². The van der Waals surface area contributed by atoms with Gasteiger partial charge in [-0.15, -0.1) is 0 Å². The minimum atomic E-state index is -0.558. The summed E-state index contributed by atoms with van der Waals surface area (Å²) in [5.41, 5.74) is 0.274. The molecule has 0 bridgehead atoms. The molecule has 0 saturated carbocycles. The van der Waals surface area contributed by atoms with Crippen LogP contribution in [-0.2, 0) is 16.1 Å². The fourth-order valence-electron chi connectivity index (χ4n) is 3.15. The zero-order chi connectivity index (χ0) is 20.7. The number of piperazine rings is 1. The summed E-state index contributed by atoms with van der Waals surface area (Å²) in [7, 11) is 1.58. The van der Waals surface area contributed by atoms with Gasteiger partial charge in [-0.2, -0.15) is 0 Å². The number of halogens is 1. The van der Waals surface area contributed by atoms with Gasteiger partial charge in [0, 0.05) is 13.0 Å². The first-order chi connectivity index (χ1) is 13.2. The molecule has 1 aromatic carbocycles. The lowest BCUT2D eigenvalue weighted by atomic mass is 10.1. The maximum Gasteiger partial charge on any atom is 0.407 e. The normalized spacial score (nSPS) is 15.2. The van der Waals surface area contributed by atoms with Gasteiger partial charge in [-0.05, 0) is 39.0 Å². The zero-order valence-corrected chi connectivity index (χ0v) is 17.1. The summed E-state index contributed by atoms with van der Waals surface area (Å²) in [6.07, 6.45) is -0.273. The fourth-order valence-corrected chi connectivity index (χ4v) is 3.15. The molecule has 0 aromatic heterocycles. The third kappa shape index (κ3) is 6.99. The standard InChI is InChI=1S/C20H30FN3O4/c1-20(2,3)28-19(26)22-8-7-18(25)24-11-9-23(10-12-24)14-15-13-16(21)5-6-17(15)27-4/h5-6,13H,7-12,14H2,1-4H3,(H,22,26)/p+1. The number of ether oxygens (including phenoxy) is 2. The van der Waals surface area contributed by atoms with Crippen molar-refractivity contribution in [1.29, 1.82) is 0 Å². The van der Waals surface area contributed by atoms with Crippen LogP contribution in [0.15, 0.2) is 18.2 Å². The van der Waals surface area contributed by atoms with Gasteiger partial charge in [-0.1, -0.05) is 0 Å². The van der Waals surface area contributed by atoms with E-state index in [-0.39, 0.29) is 24.7 Å². The molecule has 2 amide bonds. The Balaban J connectivity index is 1.74. The van der Waals surface area contributed by atoms with E-state index >= 15 is 0 Å². The lowest BCUT2D eigenvalue weighted by Crippen LogP contribution is -3.13. The predicted molar refractivity (Wildman–Crippen MR) is 103 cm³/mol. The molecule has 1 aliphatic rings. The van der Waals surface area contributed by atoms with E-state index in [1.807, 2.05) is 4.90 Å². The van der Waals surface area contributed by atoms with Crippen molar-refractivity contribution in [2.75, 3.05) is 39.8 Å². The lowest BCUT2D eigenvalue weighted by molar-refractivity contribution is -0.917. The summed E-state index contributed by atoms with van der Waals surface area (Å²) in [5, 5.41) is 2.61. The number of quaternary nitrogens is 1. The first-order valence-electron chi connectivity index (χ1n) is 9.58. The van der Waals surface area contributed by atoms with E-state index in [1.54, 1.807) is 33.9 Å². The van der Waals surface area contributed by atoms with Gasteiger partial charge in [0.25, 0.3) is 0 Å². The van der Waals surface area contributed by atoms with Gasteiger partial charge >= 0.3 is 6.09 Å². The Hall–Kier alpha value is -2.35. The summed E-state index contributed by atoms with van der Waals surface area (Å²) in [4.78, 5) is 27.0. The number of hydrogen-bond acceptors (Lipinski definition) is 4. The van der Waals surface area contributed by atoms with Crippen molar-refractivity contribution in [3.8, 4) is 5.75 Å². The molecular formula is C20H31FN3O4+. The van der Waals surface area contributed by atoms with E-state index in [0.717, 1.165) is 18.7 Å². The van der Waals surface area contributed by atoms with Gasteiger partial charge in [-0.3, -0.25) is 4.79 Å². The first-order valence-corrected chi connectivity index (χ1v) is 9.58. The van der Waals surface area contributed by atoms with Crippen LogP contribution in [0, 0.1) is 5.82 Å². The largest absolute Gasteiger partial charge is 0.496 e. The number of benzene rings is 1. The van der Waals surface area contributed by atoms with E-state index in [4.69, 9.17) is 9.47 Å². The molecule has 1 aromatic rings. The molecule has 2 N–H and O–H groups in total. The molecule has 7 nitrogen and oxygen atoms in total. The molecule has 28 heavy (non-hydrogen) atoms. The molecule has 0 unspecified atom stereocenters. The van der Waals surface area contributed by atoms with Crippen molar-refractivity contribution >= 4 is 12.0 Å². The van der Waals surface area contributed by atoms with Gasteiger partial charge < -0.3 is 24.6 Å². The molecule has 0 radical (unpaired) electrons. The fraction of sp³-hybridized carbons (Fsp3) is 0.600. The summed E-state index contributed by atoms with van der Waals surface area (Å²) >= 11 is 0. The van der Waals surface area contributed by atoms with Crippen molar-refractivity contribution in [1.82, 2.24) is 10.2 Å². The average Bonchev–Trinajstić information content (AvgIpc) is 2.61. The van der Waals surface area contributed by atoms with Crippen LogP contribution in [0.1, 0.15) is 32.8 Å². The van der Waals surface area contributed by atoms with E-state index in [0.29, 0.717) is 25.4 Å². The summed E-state index contributed by atoms with van der Waals surface area (Å²) in [6.45, 7) is 9.12. The van der Waals surface area contributed by atoms with Gasteiger partial charge in [0.2, 0.25) is 5.91 Å². The second kappa shape index (κ2) is 9.73. The van der Waals surface area contributed by atoms with Crippen molar-refractivity contribution < 1.29 is 28.4 Å². The Labute approximate surface area is 165 Å². The highest BCUT2D eigenvalue weighted by Crippen LogP contribution is 2.18. The number of methoxy groups -OCH3 is 1. The highest BCUT2D eigenvalue weighted by atomic mass is 19.1.